The van der Waals surface area contributed by atoms with E-state index in [1.165, 1.54) is 6.07 Å². The third-order valence-corrected chi connectivity index (χ3v) is 5.20. The van der Waals surface area contributed by atoms with Crippen LogP contribution in [-0.2, 0) is 11.2 Å². The van der Waals surface area contributed by atoms with Crippen LogP contribution in [0.1, 0.15) is 56.8 Å². The van der Waals surface area contributed by atoms with E-state index in [4.69, 9.17) is 6.42 Å². The van der Waals surface area contributed by atoms with E-state index < -0.39 is 17.5 Å². The minimum Gasteiger partial charge on any atom is -0.354 e. The van der Waals surface area contributed by atoms with Gasteiger partial charge in [0.25, 0.3) is 5.91 Å². The van der Waals surface area contributed by atoms with Gasteiger partial charge in [0.15, 0.2) is 0 Å². The number of hydrogen-bond acceptors (Lipinski definition) is 2. The summed E-state index contributed by atoms with van der Waals surface area (Å²) in [5, 5.41) is 3.95. The van der Waals surface area contributed by atoms with Gasteiger partial charge in [-0.1, -0.05) is 26.7 Å². The minimum atomic E-state index is -0.625. The molecule has 144 valence electrons. The Kier molecular flexibility index (Phi) is 5.81. The molecule has 27 heavy (non-hydrogen) atoms. The number of benzene rings is 1. The molecule has 0 spiro atoms. The molecule has 1 aromatic carbocycles. The SMILES string of the molecule is C#CC(=O)N1[C@@H](NCCCC)Cc2c([nH]c3c(F)cc(F)cc23)[C@@H]1CCC. The Morgan fingerprint density at radius 1 is 1.37 bits per heavy atom. The van der Waals surface area contributed by atoms with Gasteiger partial charge in [0.05, 0.1) is 17.7 Å². The molecule has 0 saturated carbocycles. The first kappa shape index (κ1) is 19.4. The van der Waals surface area contributed by atoms with E-state index in [9.17, 15) is 13.6 Å². The van der Waals surface area contributed by atoms with Crippen molar-refractivity contribution < 1.29 is 13.6 Å². The molecule has 1 amide bonds. The van der Waals surface area contributed by atoms with Gasteiger partial charge in [-0.2, -0.15) is 0 Å². The number of carbonyl (C=O) groups excluding carboxylic acids is 1. The highest BCUT2D eigenvalue weighted by Gasteiger charge is 2.38. The number of nitrogens with zero attached hydrogens (tertiary/aromatic N) is 1. The Balaban J connectivity index is 2.12. The van der Waals surface area contributed by atoms with Crippen LogP contribution >= 0.6 is 0 Å². The summed E-state index contributed by atoms with van der Waals surface area (Å²) in [6, 6.07) is 1.94. The second-order valence-electron chi connectivity index (χ2n) is 7.02. The van der Waals surface area contributed by atoms with Crippen molar-refractivity contribution >= 4 is 16.8 Å². The van der Waals surface area contributed by atoms with Crippen LogP contribution in [0.5, 0.6) is 0 Å². The molecule has 1 aromatic heterocycles. The Labute approximate surface area is 158 Å². The average molecular weight is 373 g/mol. The van der Waals surface area contributed by atoms with E-state index in [2.05, 4.69) is 23.1 Å². The molecule has 0 bridgehead atoms. The van der Waals surface area contributed by atoms with Crippen molar-refractivity contribution in [2.45, 2.75) is 58.2 Å². The molecule has 3 rings (SSSR count). The van der Waals surface area contributed by atoms with Crippen molar-refractivity contribution in [1.29, 1.82) is 0 Å². The fourth-order valence-electron chi connectivity index (χ4n) is 3.98. The van der Waals surface area contributed by atoms with E-state index in [-0.39, 0.29) is 17.7 Å². The van der Waals surface area contributed by atoms with Crippen molar-refractivity contribution in [3.8, 4) is 12.3 Å². The summed E-state index contributed by atoms with van der Waals surface area (Å²) in [5.41, 5.74) is 1.90. The Hall–Kier alpha value is -2.39. The quantitative estimate of drug-likeness (QED) is 0.593. The van der Waals surface area contributed by atoms with Crippen LogP contribution < -0.4 is 5.32 Å². The lowest BCUT2D eigenvalue weighted by Crippen LogP contribution is -2.54. The number of H-pyrrole nitrogens is 1. The summed E-state index contributed by atoms with van der Waals surface area (Å²) in [7, 11) is 0. The predicted molar refractivity (Wildman–Crippen MR) is 102 cm³/mol. The molecule has 2 aromatic rings. The molecular weight excluding hydrogens is 348 g/mol. The number of hydrogen-bond donors (Lipinski definition) is 2. The van der Waals surface area contributed by atoms with Gasteiger partial charge in [0.1, 0.15) is 11.6 Å². The lowest BCUT2D eigenvalue weighted by atomic mass is 9.92. The monoisotopic (exact) mass is 373 g/mol. The van der Waals surface area contributed by atoms with Crippen molar-refractivity contribution in [2.24, 2.45) is 0 Å². The highest BCUT2D eigenvalue weighted by molar-refractivity contribution is 5.94. The zero-order chi connectivity index (χ0) is 19.6. The average Bonchev–Trinajstić information content (AvgIpc) is 3.00. The number of fused-ring (bicyclic) bond motifs is 3. The van der Waals surface area contributed by atoms with Gasteiger partial charge < -0.3 is 9.88 Å². The topological polar surface area (TPSA) is 48.1 Å². The summed E-state index contributed by atoms with van der Waals surface area (Å²) in [6.07, 6.45) is 9.09. The largest absolute Gasteiger partial charge is 0.354 e. The molecule has 2 atom stereocenters. The third-order valence-electron chi connectivity index (χ3n) is 5.20. The zero-order valence-electron chi connectivity index (χ0n) is 15.7. The molecule has 0 fully saturated rings. The lowest BCUT2D eigenvalue weighted by Gasteiger charge is -2.41. The highest BCUT2D eigenvalue weighted by atomic mass is 19.1. The molecule has 0 saturated heterocycles. The van der Waals surface area contributed by atoms with Gasteiger partial charge in [0, 0.05) is 23.6 Å². The Bertz CT molecular complexity index is 884. The highest BCUT2D eigenvalue weighted by Crippen LogP contribution is 2.39. The molecule has 0 aliphatic carbocycles. The van der Waals surface area contributed by atoms with Gasteiger partial charge in [-0.3, -0.25) is 10.1 Å². The van der Waals surface area contributed by atoms with Crippen molar-refractivity contribution in [3.63, 3.8) is 0 Å². The smallest absolute Gasteiger partial charge is 0.300 e. The molecule has 0 unspecified atom stereocenters. The zero-order valence-corrected chi connectivity index (χ0v) is 15.7. The Morgan fingerprint density at radius 3 is 2.81 bits per heavy atom. The van der Waals surface area contributed by atoms with Crippen LogP contribution in [0.15, 0.2) is 12.1 Å². The predicted octanol–water partition coefficient (Wildman–Crippen LogP) is 4.02. The third kappa shape index (κ3) is 3.57. The first-order valence-corrected chi connectivity index (χ1v) is 9.53. The number of rotatable bonds is 6. The molecule has 2 N–H and O–H groups in total. The number of aromatic nitrogens is 1. The lowest BCUT2D eigenvalue weighted by molar-refractivity contribution is -0.132. The number of aromatic amines is 1. The number of nitrogens with one attached hydrogen (secondary N) is 2. The fourth-order valence-corrected chi connectivity index (χ4v) is 3.98. The summed E-state index contributed by atoms with van der Waals surface area (Å²) < 4.78 is 28.1. The van der Waals surface area contributed by atoms with Crippen molar-refractivity contribution in [3.05, 3.63) is 35.0 Å². The second-order valence-corrected chi connectivity index (χ2v) is 7.02. The van der Waals surface area contributed by atoms with Crippen LogP contribution in [0.4, 0.5) is 8.78 Å². The summed E-state index contributed by atoms with van der Waals surface area (Å²) in [5.74, 6) is 0.607. The molecule has 6 heteroatoms. The van der Waals surface area contributed by atoms with Crippen LogP contribution in [0.25, 0.3) is 10.9 Å². The summed E-state index contributed by atoms with van der Waals surface area (Å²) in [6.45, 7) is 4.86. The molecule has 2 heterocycles. The minimum absolute atomic E-state index is 0.282. The molecule has 0 radical (unpaired) electrons. The summed E-state index contributed by atoms with van der Waals surface area (Å²) >= 11 is 0. The van der Waals surface area contributed by atoms with Gasteiger partial charge in [-0.15, -0.1) is 6.42 Å². The van der Waals surface area contributed by atoms with Crippen molar-refractivity contribution in [2.75, 3.05) is 6.54 Å². The van der Waals surface area contributed by atoms with Crippen LogP contribution in [-0.4, -0.2) is 28.5 Å². The molecule has 4 nitrogen and oxygen atoms in total. The first-order chi connectivity index (χ1) is 13.0. The van der Waals surface area contributed by atoms with E-state index in [1.807, 2.05) is 6.92 Å². The molecular formula is C21H25F2N3O. The summed E-state index contributed by atoms with van der Waals surface area (Å²) in [4.78, 5) is 17.3. The van der Waals surface area contributed by atoms with Crippen LogP contribution in [0.3, 0.4) is 0 Å². The van der Waals surface area contributed by atoms with Gasteiger partial charge >= 0.3 is 0 Å². The van der Waals surface area contributed by atoms with Gasteiger partial charge in [0.2, 0.25) is 0 Å². The molecule has 1 aliphatic rings. The normalized spacial score (nSPS) is 19.1. The van der Waals surface area contributed by atoms with Crippen molar-refractivity contribution in [1.82, 2.24) is 15.2 Å². The first-order valence-electron chi connectivity index (χ1n) is 9.53. The number of carbonyl (C=O) groups is 1. The standard InChI is InChI=1S/C21H25F2N3O/c1-4-7-9-24-18-12-15-14-10-13(22)11-16(23)20(14)25-21(15)17(8-5-2)26(18)19(27)6-3/h3,10-11,17-18,24-25H,4-5,7-9,12H2,1-2H3/t17-,18+/m0/s1. The maximum atomic E-state index is 14.3. The van der Waals surface area contributed by atoms with Gasteiger partial charge in [-0.25, -0.2) is 8.78 Å². The van der Waals surface area contributed by atoms with Gasteiger partial charge in [-0.05, 0) is 36.9 Å². The molecule has 1 aliphatic heterocycles. The number of unbranched alkanes of at least 4 members (excludes halogenated alkanes) is 1. The maximum absolute atomic E-state index is 14.3. The number of halogens is 2. The number of amides is 1. The van der Waals surface area contributed by atoms with E-state index >= 15 is 0 Å². The van der Waals surface area contributed by atoms with E-state index in [0.717, 1.165) is 43.1 Å². The fraction of sp³-hybridized carbons (Fsp3) is 0.476. The second kappa shape index (κ2) is 8.10. The van der Waals surface area contributed by atoms with Crippen LogP contribution in [0.2, 0.25) is 0 Å². The Morgan fingerprint density at radius 2 is 2.15 bits per heavy atom. The number of terminal acetylenes is 1. The van der Waals surface area contributed by atoms with E-state index in [0.29, 0.717) is 18.2 Å². The van der Waals surface area contributed by atoms with Crippen LogP contribution in [0, 0.1) is 24.0 Å². The maximum Gasteiger partial charge on any atom is 0.300 e. The van der Waals surface area contributed by atoms with E-state index in [1.54, 1.807) is 4.90 Å².